The average Bonchev–Trinajstić information content (AvgIpc) is 2.02. The standard InChI is InChI=1S/C9H19F2NO/c1-7(2)6-13-5-4-12-8(3)9(10)11/h7-9,12H,4-6H2,1-3H3. The van der Waals surface area contributed by atoms with E-state index in [1.165, 1.54) is 6.92 Å². The Hall–Kier alpha value is -0.220. The molecule has 0 radical (unpaired) electrons. The Labute approximate surface area is 78.7 Å². The molecule has 1 unspecified atom stereocenters. The number of alkyl halides is 2. The molecule has 13 heavy (non-hydrogen) atoms. The van der Waals surface area contributed by atoms with Gasteiger partial charge in [-0.25, -0.2) is 8.78 Å². The minimum atomic E-state index is -2.30. The predicted octanol–water partition coefficient (Wildman–Crippen LogP) is 1.90. The summed E-state index contributed by atoms with van der Waals surface area (Å²) < 4.78 is 29.1. The first-order valence-electron chi connectivity index (χ1n) is 4.63. The molecule has 0 fully saturated rings. The van der Waals surface area contributed by atoms with Gasteiger partial charge in [0.15, 0.2) is 0 Å². The molecule has 0 aliphatic heterocycles. The first-order valence-corrected chi connectivity index (χ1v) is 4.63. The van der Waals surface area contributed by atoms with E-state index in [4.69, 9.17) is 4.74 Å². The summed E-state index contributed by atoms with van der Waals surface area (Å²) >= 11 is 0. The van der Waals surface area contributed by atoms with Gasteiger partial charge in [-0.1, -0.05) is 13.8 Å². The number of halogens is 2. The topological polar surface area (TPSA) is 21.3 Å². The molecule has 0 heterocycles. The molecule has 1 atom stereocenters. The van der Waals surface area contributed by atoms with Crippen molar-refractivity contribution < 1.29 is 13.5 Å². The van der Waals surface area contributed by atoms with E-state index in [0.717, 1.165) is 0 Å². The van der Waals surface area contributed by atoms with Crippen LogP contribution in [0.25, 0.3) is 0 Å². The number of nitrogens with one attached hydrogen (secondary N) is 1. The highest BCUT2D eigenvalue weighted by Gasteiger charge is 2.12. The van der Waals surface area contributed by atoms with Crippen molar-refractivity contribution in [2.24, 2.45) is 5.92 Å². The minimum absolute atomic E-state index is 0.484. The summed E-state index contributed by atoms with van der Waals surface area (Å²) in [5.41, 5.74) is 0. The largest absolute Gasteiger partial charge is 0.380 e. The molecule has 1 N–H and O–H groups in total. The van der Waals surface area contributed by atoms with E-state index in [9.17, 15) is 8.78 Å². The lowest BCUT2D eigenvalue weighted by Gasteiger charge is -2.13. The van der Waals surface area contributed by atoms with Crippen molar-refractivity contribution in [2.75, 3.05) is 19.8 Å². The lowest BCUT2D eigenvalue weighted by Crippen LogP contribution is -2.35. The van der Waals surface area contributed by atoms with Crippen molar-refractivity contribution >= 4 is 0 Å². The molecule has 2 nitrogen and oxygen atoms in total. The molecule has 0 amide bonds. The Kier molecular flexibility index (Phi) is 7.09. The maximum atomic E-state index is 12.0. The second-order valence-electron chi connectivity index (χ2n) is 3.55. The number of ether oxygens (including phenoxy) is 1. The van der Waals surface area contributed by atoms with Gasteiger partial charge in [0.25, 0.3) is 6.43 Å². The van der Waals surface area contributed by atoms with E-state index in [1.54, 1.807) is 0 Å². The van der Waals surface area contributed by atoms with Gasteiger partial charge in [-0.3, -0.25) is 0 Å². The molecule has 0 aromatic carbocycles. The Morgan fingerprint density at radius 2 is 1.85 bits per heavy atom. The second-order valence-corrected chi connectivity index (χ2v) is 3.55. The second kappa shape index (κ2) is 7.21. The van der Waals surface area contributed by atoms with Crippen LogP contribution in [0.15, 0.2) is 0 Å². The normalized spacial score (nSPS) is 14.1. The molecule has 0 aromatic rings. The van der Waals surface area contributed by atoms with Gasteiger partial charge in [0.1, 0.15) is 0 Å². The molecule has 0 spiro atoms. The first kappa shape index (κ1) is 12.8. The molecule has 80 valence electrons. The summed E-state index contributed by atoms with van der Waals surface area (Å²) in [6.07, 6.45) is -2.30. The lowest BCUT2D eigenvalue weighted by molar-refractivity contribution is 0.0850. The highest BCUT2D eigenvalue weighted by Crippen LogP contribution is 1.98. The Morgan fingerprint density at radius 1 is 1.23 bits per heavy atom. The third kappa shape index (κ3) is 8.12. The van der Waals surface area contributed by atoms with Crippen LogP contribution in [0, 0.1) is 5.92 Å². The number of hydrogen-bond donors (Lipinski definition) is 1. The molecule has 0 aliphatic rings. The van der Waals surface area contributed by atoms with Crippen LogP contribution in [0.2, 0.25) is 0 Å². The number of rotatable bonds is 7. The molecule has 0 aromatic heterocycles. The van der Waals surface area contributed by atoms with Crippen LogP contribution in [0.1, 0.15) is 20.8 Å². The molecule has 0 aliphatic carbocycles. The van der Waals surface area contributed by atoms with E-state index >= 15 is 0 Å². The van der Waals surface area contributed by atoms with Gasteiger partial charge in [0, 0.05) is 13.2 Å². The smallest absolute Gasteiger partial charge is 0.253 e. The fourth-order valence-electron chi connectivity index (χ4n) is 0.767. The van der Waals surface area contributed by atoms with Gasteiger partial charge in [-0.05, 0) is 12.8 Å². The highest BCUT2D eigenvalue weighted by atomic mass is 19.3. The SMILES string of the molecule is CC(C)COCCNC(C)C(F)F. The third-order valence-corrected chi connectivity index (χ3v) is 1.54. The van der Waals surface area contributed by atoms with Gasteiger partial charge in [0.2, 0.25) is 0 Å². The van der Waals surface area contributed by atoms with Crippen LogP contribution in [0.5, 0.6) is 0 Å². The molecule has 0 rings (SSSR count). The maximum absolute atomic E-state index is 12.0. The fraction of sp³-hybridized carbons (Fsp3) is 1.00. The Balaban J connectivity index is 3.16. The van der Waals surface area contributed by atoms with E-state index in [0.29, 0.717) is 25.7 Å². The van der Waals surface area contributed by atoms with Gasteiger partial charge in [0.05, 0.1) is 12.6 Å². The van der Waals surface area contributed by atoms with Crippen LogP contribution in [0.4, 0.5) is 8.78 Å². The summed E-state index contributed by atoms with van der Waals surface area (Å²) in [7, 11) is 0. The molecule has 0 saturated carbocycles. The lowest BCUT2D eigenvalue weighted by atomic mass is 10.2. The predicted molar refractivity (Wildman–Crippen MR) is 49.1 cm³/mol. The van der Waals surface area contributed by atoms with Crippen molar-refractivity contribution in [1.82, 2.24) is 5.32 Å². The van der Waals surface area contributed by atoms with Crippen molar-refractivity contribution in [3.8, 4) is 0 Å². The molecule has 0 bridgehead atoms. The van der Waals surface area contributed by atoms with Crippen LogP contribution < -0.4 is 5.32 Å². The van der Waals surface area contributed by atoms with Crippen molar-refractivity contribution in [3.05, 3.63) is 0 Å². The monoisotopic (exact) mass is 195 g/mol. The Morgan fingerprint density at radius 3 is 2.31 bits per heavy atom. The van der Waals surface area contributed by atoms with Gasteiger partial charge in [-0.2, -0.15) is 0 Å². The van der Waals surface area contributed by atoms with Crippen LogP contribution in [-0.4, -0.2) is 32.2 Å². The maximum Gasteiger partial charge on any atom is 0.253 e. The zero-order valence-electron chi connectivity index (χ0n) is 8.52. The van der Waals surface area contributed by atoms with E-state index in [2.05, 4.69) is 19.2 Å². The molecular weight excluding hydrogens is 176 g/mol. The minimum Gasteiger partial charge on any atom is -0.380 e. The summed E-state index contributed by atoms with van der Waals surface area (Å²) in [6.45, 7) is 7.23. The zero-order chi connectivity index (χ0) is 10.3. The summed E-state index contributed by atoms with van der Waals surface area (Å²) in [5, 5.41) is 2.68. The zero-order valence-corrected chi connectivity index (χ0v) is 8.52. The molecule has 4 heteroatoms. The summed E-state index contributed by atoms with van der Waals surface area (Å²) in [6, 6.07) is -0.748. The van der Waals surface area contributed by atoms with Crippen molar-refractivity contribution in [2.45, 2.75) is 33.2 Å². The van der Waals surface area contributed by atoms with Gasteiger partial charge in [-0.15, -0.1) is 0 Å². The van der Waals surface area contributed by atoms with E-state index in [-0.39, 0.29) is 0 Å². The Bertz CT molecular complexity index is 120. The van der Waals surface area contributed by atoms with Crippen molar-refractivity contribution in [3.63, 3.8) is 0 Å². The third-order valence-electron chi connectivity index (χ3n) is 1.54. The van der Waals surface area contributed by atoms with Crippen molar-refractivity contribution in [1.29, 1.82) is 0 Å². The average molecular weight is 195 g/mol. The van der Waals surface area contributed by atoms with E-state index in [1.807, 2.05) is 0 Å². The summed E-state index contributed by atoms with van der Waals surface area (Å²) in [5.74, 6) is 0.493. The van der Waals surface area contributed by atoms with E-state index < -0.39 is 12.5 Å². The molecular formula is C9H19F2NO. The summed E-state index contributed by atoms with van der Waals surface area (Å²) in [4.78, 5) is 0. The molecule has 0 saturated heterocycles. The van der Waals surface area contributed by atoms with Crippen LogP contribution >= 0.6 is 0 Å². The van der Waals surface area contributed by atoms with Gasteiger partial charge >= 0.3 is 0 Å². The van der Waals surface area contributed by atoms with Crippen LogP contribution in [0.3, 0.4) is 0 Å². The fourth-order valence-corrected chi connectivity index (χ4v) is 0.767. The quantitative estimate of drug-likeness (QED) is 0.626. The van der Waals surface area contributed by atoms with Gasteiger partial charge < -0.3 is 10.1 Å². The number of hydrogen-bond acceptors (Lipinski definition) is 2. The first-order chi connectivity index (χ1) is 6.04. The van der Waals surface area contributed by atoms with Crippen LogP contribution in [-0.2, 0) is 4.74 Å². The highest BCUT2D eigenvalue weighted by molar-refractivity contribution is 4.61.